The molecule has 0 radical (unpaired) electrons. The lowest BCUT2D eigenvalue weighted by Crippen LogP contribution is -2.26. The van der Waals surface area contributed by atoms with Crippen LogP contribution in [0, 0.1) is 6.92 Å². The van der Waals surface area contributed by atoms with Crippen LogP contribution in [0.5, 0.6) is 0 Å². The molecule has 0 unspecified atom stereocenters. The minimum Gasteiger partial charge on any atom is -0.480 e. The zero-order valence-electron chi connectivity index (χ0n) is 18.5. The topological polar surface area (TPSA) is 79.2 Å². The van der Waals surface area contributed by atoms with Crippen LogP contribution >= 0.6 is 23.1 Å². The molecule has 176 valence electrons. The summed E-state index contributed by atoms with van der Waals surface area (Å²) in [6.07, 6.45) is -0.508. The second-order valence-electron chi connectivity index (χ2n) is 7.92. The Bertz CT molecular complexity index is 1110. The molecule has 0 aliphatic rings. The third kappa shape index (κ3) is 6.23. The number of rotatable bonds is 8. The molecule has 0 saturated heterocycles. The molecule has 0 aliphatic heterocycles. The first-order valence-electron chi connectivity index (χ1n) is 9.96. The zero-order chi connectivity index (χ0) is 24.4. The van der Waals surface area contributed by atoms with Crippen molar-refractivity contribution in [1.29, 1.82) is 0 Å². The van der Waals surface area contributed by atoms with Crippen molar-refractivity contribution < 1.29 is 23.1 Å². The number of carboxylic acids is 1. The molecule has 3 rings (SSSR count). The number of aliphatic carboxylic acids is 1. The normalized spacial score (nSPS) is 12.1. The maximum atomic E-state index is 12.7. The molecule has 2 heterocycles. The summed E-state index contributed by atoms with van der Waals surface area (Å²) in [5, 5.41) is 9.31. The Kier molecular flexibility index (Phi) is 7.32. The Balaban J connectivity index is 1.62. The first kappa shape index (κ1) is 25.0. The molecule has 3 aromatic rings. The van der Waals surface area contributed by atoms with E-state index < -0.39 is 22.5 Å². The van der Waals surface area contributed by atoms with Crippen LogP contribution in [0.25, 0.3) is 11.1 Å². The van der Waals surface area contributed by atoms with Crippen molar-refractivity contribution in [3.8, 4) is 11.1 Å². The molecule has 33 heavy (non-hydrogen) atoms. The highest BCUT2D eigenvalue weighted by Gasteiger charge is 2.31. The van der Waals surface area contributed by atoms with Gasteiger partial charge in [0.2, 0.25) is 5.95 Å². The summed E-state index contributed by atoms with van der Waals surface area (Å²) >= 11 is 2.71. The summed E-state index contributed by atoms with van der Waals surface area (Å²) in [7, 11) is 1.85. The number of thioether (sulfide) groups is 1. The van der Waals surface area contributed by atoms with Gasteiger partial charge in [-0.1, -0.05) is 23.9 Å². The number of aromatic nitrogens is 3. The molecule has 0 amide bonds. The van der Waals surface area contributed by atoms with Crippen molar-refractivity contribution in [3.05, 3.63) is 52.8 Å². The van der Waals surface area contributed by atoms with Crippen LogP contribution in [0.2, 0.25) is 0 Å². The predicted molar refractivity (Wildman–Crippen MR) is 124 cm³/mol. The van der Waals surface area contributed by atoms with E-state index in [-0.39, 0.29) is 0 Å². The second-order valence-corrected chi connectivity index (χ2v) is 10.9. The number of likely N-dealkylation sites (N-methyl/N-ethyl adjacent to an activating group) is 1. The average molecular weight is 497 g/mol. The van der Waals surface area contributed by atoms with Crippen LogP contribution in [0.1, 0.15) is 30.0 Å². The van der Waals surface area contributed by atoms with Crippen LogP contribution in [0.3, 0.4) is 0 Å². The van der Waals surface area contributed by atoms with E-state index >= 15 is 0 Å². The number of benzene rings is 1. The van der Waals surface area contributed by atoms with E-state index in [9.17, 15) is 23.1 Å². The molecule has 1 aromatic carbocycles. The van der Waals surface area contributed by atoms with E-state index in [1.54, 1.807) is 26.2 Å². The third-order valence-corrected chi connectivity index (χ3v) is 7.39. The highest BCUT2D eigenvalue weighted by molar-refractivity contribution is 8.03. The minimum absolute atomic E-state index is 0.495. The molecular weight excluding hydrogens is 473 g/mol. The van der Waals surface area contributed by atoms with Crippen molar-refractivity contribution in [2.24, 2.45) is 0 Å². The fourth-order valence-corrected chi connectivity index (χ4v) is 5.41. The molecule has 0 aliphatic carbocycles. The molecule has 6 nitrogen and oxygen atoms in total. The van der Waals surface area contributed by atoms with E-state index in [0.717, 1.165) is 27.0 Å². The monoisotopic (exact) mass is 496 g/mol. The lowest BCUT2D eigenvalue weighted by atomic mass is 10.1. The molecular formula is C22H23F3N4O2S2. The summed E-state index contributed by atoms with van der Waals surface area (Å²) in [5.41, 5.74) is 1.40. The molecule has 2 aromatic heterocycles. The van der Waals surface area contributed by atoms with Gasteiger partial charge in [-0.05, 0) is 38.5 Å². The Morgan fingerprint density at radius 1 is 1.12 bits per heavy atom. The highest BCUT2D eigenvalue weighted by atomic mass is 32.2. The number of hydrogen-bond donors (Lipinski definition) is 1. The minimum atomic E-state index is -4.37. The van der Waals surface area contributed by atoms with Gasteiger partial charge in [0, 0.05) is 42.8 Å². The average Bonchev–Trinajstić information content (AvgIpc) is 3.09. The fourth-order valence-electron chi connectivity index (χ4n) is 2.83. The van der Waals surface area contributed by atoms with Gasteiger partial charge in [0.05, 0.1) is 11.3 Å². The summed E-state index contributed by atoms with van der Waals surface area (Å²) < 4.78 is 38.0. The Morgan fingerprint density at radius 3 is 2.27 bits per heavy atom. The van der Waals surface area contributed by atoms with Crippen molar-refractivity contribution in [1.82, 2.24) is 15.0 Å². The quantitative estimate of drug-likeness (QED) is 0.409. The number of carboxylic acid groups (broad SMARTS) is 1. The molecule has 0 bridgehead atoms. The number of thiazole rings is 1. The van der Waals surface area contributed by atoms with Crippen LogP contribution in [0.4, 0.5) is 19.1 Å². The summed E-state index contributed by atoms with van der Waals surface area (Å²) in [4.78, 5) is 27.5. The van der Waals surface area contributed by atoms with Crippen molar-refractivity contribution in [2.45, 2.75) is 42.5 Å². The van der Waals surface area contributed by atoms with Crippen molar-refractivity contribution in [3.63, 3.8) is 0 Å². The Morgan fingerprint density at radius 2 is 1.73 bits per heavy atom. The fraction of sp³-hybridized carbons (Fsp3) is 0.364. The summed E-state index contributed by atoms with van der Waals surface area (Å²) in [6.45, 7) is 5.82. The summed E-state index contributed by atoms with van der Waals surface area (Å²) in [5.74, 6) is -0.395. The first-order chi connectivity index (χ1) is 15.4. The standard InChI is InChI=1S/C22H23F3N4O2S2/c1-13-17(32-20(28-13)33-21(2,3)18(30)31)9-10-29(4)19-26-11-15(12-27-19)14-5-7-16(8-6-14)22(23,24)25/h5-8,11-12H,9-10H2,1-4H3,(H,30,31). The van der Waals surface area contributed by atoms with Gasteiger partial charge in [-0.2, -0.15) is 13.2 Å². The predicted octanol–water partition coefficient (Wildman–Crippen LogP) is 5.56. The van der Waals surface area contributed by atoms with E-state index in [2.05, 4.69) is 15.0 Å². The van der Waals surface area contributed by atoms with Gasteiger partial charge in [-0.25, -0.2) is 15.0 Å². The number of aryl methyl sites for hydroxylation is 1. The number of hydrogen-bond acceptors (Lipinski definition) is 7. The number of halogens is 3. The van der Waals surface area contributed by atoms with Crippen molar-refractivity contribution in [2.75, 3.05) is 18.5 Å². The molecule has 0 atom stereocenters. The molecule has 1 N–H and O–H groups in total. The smallest absolute Gasteiger partial charge is 0.416 e. The Hall–Kier alpha value is -2.66. The SMILES string of the molecule is Cc1nc(SC(C)(C)C(=O)O)sc1CCN(C)c1ncc(-c2ccc(C(F)(F)F)cc2)cn1. The van der Waals surface area contributed by atoms with E-state index in [1.165, 1.54) is 35.2 Å². The number of alkyl halides is 3. The van der Waals surface area contributed by atoms with Gasteiger partial charge in [0.1, 0.15) is 4.75 Å². The van der Waals surface area contributed by atoms with Crippen LogP contribution in [-0.2, 0) is 17.4 Å². The maximum absolute atomic E-state index is 12.7. The van der Waals surface area contributed by atoms with E-state index in [1.807, 2.05) is 18.9 Å². The van der Waals surface area contributed by atoms with Gasteiger partial charge in [-0.3, -0.25) is 4.79 Å². The molecule has 0 spiro atoms. The van der Waals surface area contributed by atoms with Gasteiger partial charge in [-0.15, -0.1) is 11.3 Å². The maximum Gasteiger partial charge on any atom is 0.416 e. The molecule has 0 saturated carbocycles. The lowest BCUT2D eigenvalue weighted by Gasteiger charge is -2.17. The van der Waals surface area contributed by atoms with E-state index in [4.69, 9.17) is 0 Å². The highest BCUT2D eigenvalue weighted by Crippen LogP contribution is 2.37. The van der Waals surface area contributed by atoms with Gasteiger partial charge < -0.3 is 10.0 Å². The van der Waals surface area contributed by atoms with Gasteiger partial charge in [0.25, 0.3) is 0 Å². The van der Waals surface area contributed by atoms with Crippen LogP contribution in [-0.4, -0.2) is 44.4 Å². The number of anilines is 1. The van der Waals surface area contributed by atoms with Gasteiger partial charge in [0.15, 0.2) is 4.34 Å². The second kappa shape index (κ2) is 9.68. The first-order valence-corrected chi connectivity index (χ1v) is 11.6. The molecule has 0 fully saturated rings. The summed E-state index contributed by atoms with van der Waals surface area (Å²) in [6, 6.07) is 4.88. The Labute approximate surface area is 197 Å². The van der Waals surface area contributed by atoms with Gasteiger partial charge >= 0.3 is 12.1 Å². The largest absolute Gasteiger partial charge is 0.480 e. The molecule has 11 heteroatoms. The third-order valence-electron chi connectivity index (χ3n) is 4.93. The van der Waals surface area contributed by atoms with Crippen LogP contribution in [0.15, 0.2) is 41.0 Å². The van der Waals surface area contributed by atoms with Crippen molar-refractivity contribution >= 4 is 35.0 Å². The lowest BCUT2D eigenvalue weighted by molar-refractivity contribution is -0.139. The number of carbonyl (C=O) groups is 1. The number of nitrogens with zero attached hydrogens (tertiary/aromatic N) is 4. The zero-order valence-corrected chi connectivity index (χ0v) is 20.1. The van der Waals surface area contributed by atoms with E-state index in [0.29, 0.717) is 30.0 Å². The van der Waals surface area contributed by atoms with Crippen LogP contribution < -0.4 is 4.90 Å².